The minimum Gasteiger partial charge on any atom is -0.494 e. The summed E-state index contributed by atoms with van der Waals surface area (Å²) in [7, 11) is 0. The van der Waals surface area contributed by atoms with Crippen molar-refractivity contribution in [3.63, 3.8) is 0 Å². The molecule has 0 unspecified atom stereocenters. The van der Waals surface area contributed by atoms with Crippen molar-refractivity contribution >= 4 is 31.9 Å². The average Bonchev–Trinajstić information content (AvgIpc) is 2.38. The van der Waals surface area contributed by atoms with Crippen molar-refractivity contribution in [2.45, 2.75) is 43.3 Å². The van der Waals surface area contributed by atoms with Gasteiger partial charge in [0.1, 0.15) is 5.75 Å². The van der Waals surface area contributed by atoms with Crippen LogP contribution in [0.1, 0.15) is 43.7 Å². The standard InChI is InChI=1S/C14H20Br2O/c1-2-3-4-5-8-17-14-7-6-12(10-15)13(9-14)11-16/h6-7,9H,2-5,8,10-11H2,1H3. The molecule has 96 valence electrons. The van der Waals surface area contributed by atoms with Crippen LogP contribution in [-0.2, 0) is 10.7 Å². The zero-order chi connectivity index (χ0) is 12.5. The first-order valence-electron chi connectivity index (χ1n) is 6.18. The lowest BCUT2D eigenvalue weighted by atomic mass is 10.1. The molecule has 0 amide bonds. The van der Waals surface area contributed by atoms with E-state index in [2.05, 4.69) is 57.0 Å². The number of halogens is 2. The van der Waals surface area contributed by atoms with E-state index < -0.39 is 0 Å². The van der Waals surface area contributed by atoms with Gasteiger partial charge in [-0.05, 0) is 29.7 Å². The Morgan fingerprint density at radius 3 is 2.41 bits per heavy atom. The van der Waals surface area contributed by atoms with E-state index in [0.717, 1.165) is 29.4 Å². The molecule has 1 aromatic carbocycles. The van der Waals surface area contributed by atoms with Crippen molar-refractivity contribution in [3.8, 4) is 5.75 Å². The topological polar surface area (TPSA) is 9.23 Å². The summed E-state index contributed by atoms with van der Waals surface area (Å²) in [5.74, 6) is 0.987. The number of unbranched alkanes of at least 4 members (excludes halogenated alkanes) is 3. The third-order valence-electron chi connectivity index (χ3n) is 2.73. The van der Waals surface area contributed by atoms with Crippen LogP contribution < -0.4 is 4.74 Å². The summed E-state index contributed by atoms with van der Waals surface area (Å²) in [6, 6.07) is 6.32. The van der Waals surface area contributed by atoms with Crippen molar-refractivity contribution in [1.82, 2.24) is 0 Å². The van der Waals surface area contributed by atoms with Gasteiger partial charge in [0.15, 0.2) is 0 Å². The van der Waals surface area contributed by atoms with Gasteiger partial charge < -0.3 is 4.74 Å². The highest BCUT2D eigenvalue weighted by Gasteiger charge is 2.02. The van der Waals surface area contributed by atoms with E-state index in [1.165, 1.54) is 30.4 Å². The number of hydrogen-bond donors (Lipinski definition) is 0. The molecule has 3 heteroatoms. The van der Waals surface area contributed by atoms with Gasteiger partial charge in [-0.25, -0.2) is 0 Å². The number of alkyl halides is 2. The Labute approximate surface area is 121 Å². The summed E-state index contributed by atoms with van der Waals surface area (Å²) < 4.78 is 5.76. The van der Waals surface area contributed by atoms with Crippen LogP contribution in [0.15, 0.2) is 18.2 Å². The number of rotatable bonds is 8. The molecule has 0 aliphatic carbocycles. The molecule has 0 aromatic heterocycles. The molecule has 0 heterocycles. The lowest BCUT2D eigenvalue weighted by Crippen LogP contribution is -1.98. The molecule has 0 aliphatic heterocycles. The van der Waals surface area contributed by atoms with Crippen molar-refractivity contribution in [1.29, 1.82) is 0 Å². The highest BCUT2D eigenvalue weighted by Crippen LogP contribution is 2.22. The number of hydrogen-bond acceptors (Lipinski definition) is 1. The molecule has 17 heavy (non-hydrogen) atoms. The quantitative estimate of drug-likeness (QED) is 0.441. The first kappa shape index (κ1) is 15.0. The van der Waals surface area contributed by atoms with Crippen LogP contribution in [0.25, 0.3) is 0 Å². The van der Waals surface area contributed by atoms with Gasteiger partial charge in [-0.1, -0.05) is 64.1 Å². The maximum Gasteiger partial charge on any atom is 0.119 e. The van der Waals surface area contributed by atoms with Gasteiger partial charge in [0, 0.05) is 10.7 Å². The predicted molar refractivity (Wildman–Crippen MR) is 81.3 cm³/mol. The maximum atomic E-state index is 5.76. The largest absolute Gasteiger partial charge is 0.494 e. The van der Waals surface area contributed by atoms with E-state index >= 15 is 0 Å². The van der Waals surface area contributed by atoms with Crippen LogP contribution >= 0.6 is 31.9 Å². The van der Waals surface area contributed by atoms with E-state index in [9.17, 15) is 0 Å². The van der Waals surface area contributed by atoms with Crippen molar-refractivity contribution in [2.24, 2.45) is 0 Å². The number of benzene rings is 1. The molecule has 0 fully saturated rings. The SMILES string of the molecule is CCCCCCOc1ccc(CBr)c(CBr)c1. The number of ether oxygens (including phenoxy) is 1. The lowest BCUT2D eigenvalue weighted by molar-refractivity contribution is 0.305. The molecule has 1 rings (SSSR count). The molecule has 0 saturated heterocycles. The molecule has 0 saturated carbocycles. The Morgan fingerprint density at radius 1 is 1.00 bits per heavy atom. The van der Waals surface area contributed by atoms with Crippen molar-refractivity contribution in [3.05, 3.63) is 29.3 Å². The summed E-state index contributed by atoms with van der Waals surface area (Å²) in [6.07, 6.45) is 4.99. The molecule has 0 bridgehead atoms. The highest BCUT2D eigenvalue weighted by molar-refractivity contribution is 9.09. The van der Waals surface area contributed by atoms with Gasteiger partial charge in [0.25, 0.3) is 0 Å². The van der Waals surface area contributed by atoms with Crippen molar-refractivity contribution in [2.75, 3.05) is 6.61 Å². The Balaban J connectivity index is 2.43. The first-order valence-corrected chi connectivity index (χ1v) is 8.42. The first-order chi connectivity index (χ1) is 8.31. The second-order valence-corrected chi connectivity index (χ2v) is 5.23. The summed E-state index contributed by atoms with van der Waals surface area (Å²) in [5.41, 5.74) is 2.62. The highest BCUT2D eigenvalue weighted by atomic mass is 79.9. The van der Waals surface area contributed by atoms with Crippen LogP contribution in [0.3, 0.4) is 0 Å². The monoisotopic (exact) mass is 362 g/mol. The minimum absolute atomic E-state index is 0.829. The molecule has 1 aromatic rings. The minimum atomic E-state index is 0.829. The molecular formula is C14H20Br2O. The lowest BCUT2D eigenvalue weighted by Gasteiger charge is -2.09. The Morgan fingerprint density at radius 2 is 1.76 bits per heavy atom. The van der Waals surface area contributed by atoms with Gasteiger partial charge >= 0.3 is 0 Å². The third kappa shape index (κ3) is 5.43. The van der Waals surface area contributed by atoms with Gasteiger partial charge in [-0.3, -0.25) is 0 Å². The fourth-order valence-electron chi connectivity index (χ4n) is 1.67. The fourth-order valence-corrected chi connectivity index (χ4v) is 2.73. The third-order valence-corrected chi connectivity index (χ3v) is 3.94. The van der Waals surface area contributed by atoms with E-state index in [1.54, 1.807) is 0 Å². The summed E-state index contributed by atoms with van der Waals surface area (Å²) in [6.45, 7) is 3.05. The second-order valence-electron chi connectivity index (χ2n) is 4.11. The molecule has 0 N–H and O–H groups in total. The molecule has 0 aliphatic rings. The van der Waals surface area contributed by atoms with Crippen LogP contribution in [0.2, 0.25) is 0 Å². The summed E-state index contributed by atoms with van der Waals surface area (Å²) >= 11 is 7.00. The molecule has 0 atom stereocenters. The zero-order valence-corrected chi connectivity index (χ0v) is 13.5. The molecule has 0 radical (unpaired) electrons. The van der Waals surface area contributed by atoms with Crippen molar-refractivity contribution < 1.29 is 4.74 Å². The predicted octanol–water partition coefficient (Wildman–Crippen LogP) is 5.44. The molecular weight excluding hydrogens is 344 g/mol. The Hall–Kier alpha value is -0.0200. The summed E-state index contributed by atoms with van der Waals surface area (Å²) in [4.78, 5) is 0. The molecule has 1 nitrogen and oxygen atoms in total. The maximum absolute atomic E-state index is 5.76. The van der Waals surface area contributed by atoms with Gasteiger partial charge in [-0.15, -0.1) is 0 Å². The smallest absolute Gasteiger partial charge is 0.119 e. The van der Waals surface area contributed by atoms with Gasteiger partial charge in [-0.2, -0.15) is 0 Å². The van der Waals surface area contributed by atoms with Crippen LogP contribution in [0.4, 0.5) is 0 Å². The van der Waals surface area contributed by atoms with Crippen LogP contribution in [0, 0.1) is 0 Å². The molecule has 0 spiro atoms. The van der Waals surface area contributed by atoms with E-state index in [0.29, 0.717) is 0 Å². The van der Waals surface area contributed by atoms with Gasteiger partial charge in [0.05, 0.1) is 6.61 Å². The van der Waals surface area contributed by atoms with E-state index in [1.807, 2.05) is 0 Å². The average molecular weight is 364 g/mol. The van der Waals surface area contributed by atoms with Crippen LogP contribution in [-0.4, -0.2) is 6.61 Å². The normalized spacial score (nSPS) is 10.5. The van der Waals surface area contributed by atoms with Gasteiger partial charge in [0.2, 0.25) is 0 Å². The van der Waals surface area contributed by atoms with E-state index in [-0.39, 0.29) is 0 Å². The zero-order valence-electron chi connectivity index (χ0n) is 10.3. The Kier molecular flexibility index (Phi) is 7.95. The second kappa shape index (κ2) is 8.98. The summed E-state index contributed by atoms with van der Waals surface area (Å²) in [5, 5.41) is 1.77. The fraction of sp³-hybridized carbons (Fsp3) is 0.571. The Bertz CT molecular complexity index is 326. The van der Waals surface area contributed by atoms with E-state index in [4.69, 9.17) is 4.74 Å². The van der Waals surface area contributed by atoms with Crippen LogP contribution in [0.5, 0.6) is 5.75 Å².